The molecule has 1 heterocycles. The van der Waals surface area contributed by atoms with Crippen molar-refractivity contribution < 1.29 is 14.1 Å². The normalized spacial score (nSPS) is 13.5. The van der Waals surface area contributed by atoms with Crippen molar-refractivity contribution in [2.75, 3.05) is 7.11 Å². The van der Waals surface area contributed by atoms with Crippen LogP contribution in [0.2, 0.25) is 0 Å². The minimum atomic E-state index is -0.200. The average Bonchev–Trinajstić information content (AvgIpc) is 2.97. The van der Waals surface area contributed by atoms with Crippen LogP contribution in [-0.2, 0) is 19.4 Å². The van der Waals surface area contributed by atoms with Crippen molar-refractivity contribution >= 4 is 21.8 Å². The number of halogens is 1. The van der Waals surface area contributed by atoms with Crippen LogP contribution in [0.3, 0.4) is 0 Å². The number of carbonyl (C=O) groups excluding carboxylic acids is 1. The fourth-order valence-electron chi connectivity index (χ4n) is 2.71. The lowest BCUT2D eigenvalue weighted by molar-refractivity contribution is 0.0941. The predicted molar refractivity (Wildman–Crippen MR) is 85.0 cm³/mol. The van der Waals surface area contributed by atoms with Crippen molar-refractivity contribution in [3.05, 3.63) is 45.3 Å². The number of aryl methyl sites for hydroxylation is 1. The Kier molecular flexibility index (Phi) is 4.47. The van der Waals surface area contributed by atoms with Gasteiger partial charge < -0.3 is 14.6 Å². The van der Waals surface area contributed by atoms with Crippen LogP contribution in [0.4, 0.5) is 0 Å². The molecule has 2 aromatic rings. The van der Waals surface area contributed by atoms with Crippen molar-refractivity contribution in [1.82, 2.24) is 10.5 Å². The van der Waals surface area contributed by atoms with Crippen LogP contribution < -0.4 is 10.1 Å². The molecule has 116 valence electrons. The van der Waals surface area contributed by atoms with Gasteiger partial charge in [0, 0.05) is 28.6 Å². The minimum absolute atomic E-state index is 0.200. The number of amides is 1. The van der Waals surface area contributed by atoms with Crippen LogP contribution in [0, 0.1) is 0 Å². The number of fused-ring (bicyclic) bond motifs is 1. The lowest BCUT2D eigenvalue weighted by Gasteiger charge is -2.11. The van der Waals surface area contributed by atoms with Crippen LogP contribution in [-0.4, -0.2) is 18.2 Å². The summed E-state index contributed by atoms with van der Waals surface area (Å²) >= 11 is 3.42. The molecule has 0 radical (unpaired) electrons. The first-order chi connectivity index (χ1) is 10.7. The van der Waals surface area contributed by atoms with E-state index in [4.69, 9.17) is 9.26 Å². The molecule has 1 aliphatic carbocycles. The van der Waals surface area contributed by atoms with Crippen LogP contribution in [0.5, 0.6) is 5.75 Å². The molecule has 6 heteroatoms. The summed E-state index contributed by atoms with van der Waals surface area (Å²) in [6.07, 6.45) is 3.91. The molecule has 0 bridgehead atoms. The highest BCUT2D eigenvalue weighted by atomic mass is 79.9. The zero-order valence-electron chi connectivity index (χ0n) is 12.3. The lowest BCUT2D eigenvalue weighted by atomic mass is 9.96. The van der Waals surface area contributed by atoms with Gasteiger partial charge in [-0.3, -0.25) is 4.79 Å². The number of benzene rings is 1. The Hall–Kier alpha value is -1.82. The molecule has 0 saturated carbocycles. The Bertz CT molecular complexity index is 697. The molecule has 1 aromatic carbocycles. The van der Waals surface area contributed by atoms with Crippen LogP contribution in [0.15, 0.2) is 27.2 Å². The van der Waals surface area contributed by atoms with Crippen molar-refractivity contribution in [3.63, 3.8) is 0 Å². The SMILES string of the molecule is COc1ccc(Br)cc1CNC(=O)c1noc2c1CCCC2. The Morgan fingerprint density at radius 2 is 2.23 bits per heavy atom. The van der Waals surface area contributed by atoms with Gasteiger partial charge in [0.2, 0.25) is 0 Å². The van der Waals surface area contributed by atoms with E-state index in [-0.39, 0.29) is 5.91 Å². The first kappa shape index (κ1) is 15.1. The minimum Gasteiger partial charge on any atom is -0.496 e. The molecule has 0 fully saturated rings. The van der Waals surface area contributed by atoms with E-state index in [9.17, 15) is 4.79 Å². The number of aromatic nitrogens is 1. The van der Waals surface area contributed by atoms with Crippen LogP contribution >= 0.6 is 15.9 Å². The summed E-state index contributed by atoms with van der Waals surface area (Å²) in [6, 6.07) is 5.69. The number of carbonyl (C=O) groups is 1. The zero-order valence-corrected chi connectivity index (χ0v) is 13.9. The fourth-order valence-corrected chi connectivity index (χ4v) is 3.12. The van der Waals surface area contributed by atoms with Gasteiger partial charge in [-0.15, -0.1) is 0 Å². The highest BCUT2D eigenvalue weighted by Gasteiger charge is 2.23. The van der Waals surface area contributed by atoms with Gasteiger partial charge >= 0.3 is 0 Å². The first-order valence-electron chi connectivity index (χ1n) is 7.27. The van der Waals surface area contributed by atoms with E-state index in [1.807, 2.05) is 18.2 Å². The van der Waals surface area contributed by atoms with E-state index >= 15 is 0 Å². The van der Waals surface area contributed by atoms with Gasteiger partial charge in [-0.25, -0.2) is 0 Å². The Morgan fingerprint density at radius 3 is 3.05 bits per heavy atom. The predicted octanol–water partition coefficient (Wildman–Crippen LogP) is 3.25. The third-order valence-corrected chi connectivity index (χ3v) is 4.34. The van der Waals surface area contributed by atoms with Crippen LogP contribution in [0.1, 0.15) is 40.2 Å². The molecule has 1 aliphatic rings. The van der Waals surface area contributed by atoms with Crippen molar-refractivity contribution in [2.24, 2.45) is 0 Å². The number of ether oxygens (including phenoxy) is 1. The summed E-state index contributed by atoms with van der Waals surface area (Å²) in [6.45, 7) is 0.378. The highest BCUT2D eigenvalue weighted by molar-refractivity contribution is 9.10. The van der Waals surface area contributed by atoms with Gasteiger partial charge in [0.05, 0.1) is 7.11 Å². The molecule has 0 saturated heterocycles. The Morgan fingerprint density at radius 1 is 1.41 bits per heavy atom. The Labute approximate surface area is 137 Å². The number of nitrogens with one attached hydrogen (secondary N) is 1. The maximum Gasteiger partial charge on any atom is 0.274 e. The molecule has 1 N–H and O–H groups in total. The standard InChI is InChI=1S/C16H17BrN2O3/c1-21-13-7-6-11(17)8-10(13)9-18-16(20)15-12-4-2-3-5-14(12)22-19-15/h6-8H,2-5,9H2,1H3,(H,18,20). The second-order valence-corrected chi connectivity index (χ2v) is 6.19. The third kappa shape index (κ3) is 3.02. The van der Waals surface area contributed by atoms with E-state index < -0.39 is 0 Å². The highest BCUT2D eigenvalue weighted by Crippen LogP contribution is 2.25. The summed E-state index contributed by atoms with van der Waals surface area (Å²) in [5, 5.41) is 6.83. The van der Waals surface area contributed by atoms with Crippen molar-refractivity contribution in [1.29, 1.82) is 0 Å². The third-order valence-electron chi connectivity index (χ3n) is 3.85. The van der Waals surface area contributed by atoms with E-state index in [1.54, 1.807) is 7.11 Å². The Balaban J connectivity index is 1.73. The fraction of sp³-hybridized carbons (Fsp3) is 0.375. The first-order valence-corrected chi connectivity index (χ1v) is 8.06. The summed E-state index contributed by atoms with van der Waals surface area (Å²) < 4.78 is 11.5. The van der Waals surface area contributed by atoms with Crippen molar-refractivity contribution in [2.45, 2.75) is 32.2 Å². The molecule has 1 aromatic heterocycles. The number of methoxy groups -OCH3 is 1. The molecule has 22 heavy (non-hydrogen) atoms. The monoisotopic (exact) mass is 364 g/mol. The summed E-state index contributed by atoms with van der Waals surface area (Å²) in [5.41, 5.74) is 2.29. The summed E-state index contributed by atoms with van der Waals surface area (Å²) in [7, 11) is 1.61. The molecular formula is C16H17BrN2O3. The molecular weight excluding hydrogens is 348 g/mol. The number of hydrogen-bond donors (Lipinski definition) is 1. The second kappa shape index (κ2) is 6.52. The quantitative estimate of drug-likeness (QED) is 0.904. The van der Waals surface area contributed by atoms with E-state index in [2.05, 4.69) is 26.4 Å². The smallest absolute Gasteiger partial charge is 0.274 e. The molecule has 0 atom stereocenters. The van der Waals surface area contributed by atoms with E-state index in [0.717, 1.165) is 52.8 Å². The van der Waals surface area contributed by atoms with Crippen molar-refractivity contribution in [3.8, 4) is 5.75 Å². The topological polar surface area (TPSA) is 64.4 Å². The van der Waals surface area contributed by atoms with Gasteiger partial charge in [0.15, 0.2) is 5.69 Å². The van der Waals surface area contributed by atoms with Gasteiger partial charge in [0.25, 0.3) is 5.91 Å². The van der Waals surface area contributed by atoms with E-state index in [0.29, 0.717) is 12.2 Å². The summed E-state index contributed by atoms with van der Waals surface area (Å²) in [4.78, 5) is 12.3. The molecule has 5 nitrogen and oxygen atoms in total. The lowest BCUT2D eigenvalue weighted by Crippen LogP contribution is -2.25. The molecule has 1 amide bonds. The average molecular weight is 365 g/mol. The van der Waals surface area contributed by atoms with Gasteiger partial charge in [-0.2, -0.15) is 0 Å². The van der Waals surface area contributed by atoms with Crippen LogP contribution in [0.25, 0.3) is 0 Å². The largest absolute Gasteiger partial charge is 0.496 e. The molecule has 0 unspecified atom stereocenters. The number of nitrogens with zero attached hydrogens (tertiary/aromatic N) is 1. The molecule has 3 rings (SSSR count). The maximum absolute atomic E-state index is 12.3. The van der Waals surface area contributed by atoms with Gasteiger partial charge in [-0.1, -0.05) is 21.1 Å². The molecule has 0 spiro atoms. The van der Waals surface area contributed by atoms with E-state index in [1.165, 1.54) is 0 Å². The second-order valence-electron chi connectivity index (χ2n) is 5.28. The molecule has 0 aliphatic heterocycles. The summed E-state index contributed by atoms with van der Waals surface area (Å²) in [5.74, 6) is 1.40. The number of rotatable bonds is 4. The zero-order chi connectivity index (χ0) is 15.5. The number of hydrogen-bond acceptors (Lipinski definition) is 4. The van der Waals surface area contributed by atoms with Gasteiger partial charge in [0.1, 0.15) is 11.5 Å². The maximum atomic E-state index is 12.3. The van der Waals surface area contributed by atoms with Gasteiger partial charge in [-0.05, 0) is 37.5 Å².